The Bertz CT molecular complexity index is 1350. The third-order valence-electron chi connectivity index (χ3n) is 4.80. The van der Waals surface area contributed by atoms with E-state index in [9.17, 15) is 9.59 Å². The van der Waals surface area contributed by atoms with Gasteiger partial charge in [0.25, 0.3) is 5.91 Å². The van der Waals surface area contributed by atoms with Gasteiger partial charge in [0.15, 0.2) is 4.32 Å². The SMILES string of the molecule is O=C(O)c1ccc(COc2ccc(C=C3SC(=S)N(c4ccc(Br)c(Cl)c4)C3=O)cc2I)cc1. The maximum atomic E-state index is 13.0. The second-order valence-electron chi connectivity index (χ2n) is 7.10. The number of anilines is 1. The van der Waals surface area contributed by atoms with Gasteiger partial charge in [-0.2, -0.15) is 0 Å². The molecule has 0 saturated carbocycles. The molecule has 3 aromatic carbocycles. The molecule has 5 nitrogen and oxygen atoms in total. The molecule has 3 aromatic rings. The summed E-state index contributed by atoms with van der Waals surface area (Å²) in [6.07, 6.45) is 1.80. The van der Waals surface area contributed by atoms with Crippen molar-refractivity contribution in [2.45, 2.75) is 6.61 Å². The molecular weight excluding hydrogens is 673 g/mol. The van der Waals surface area contributed by atoms with E-state index in [4.69, 9.17) is 33.7 Å². The summed E-state index contributed by atoms with van der Waals surface area (Å²) in [6.45, 7) is 0.309. The average molecular weight is 687 g/mol. The second kappa shape index (κ2) is 10.8. The van der Waals surface area contributed by atoms with E-state index in [1.807, 2.05) is 18.2 Å². The minimum absolute atomic E-state index is 0.200. The molecule has 1 amide bonds. The molecule has 0 spiro atoms. The van der Waals surface area contributed by atoms with E-state index < -0.39 is 5.97 Å². The molecule has 10 heteroatoms. The van der Waals surface area contributed by atoms with E-state index >= 15 is 0 Å². The van der Waals surface area contributed by atoms with Gasteiger partial charge in [0.1, 0.15) is 12.4 Å². The standard InChI is InChI=1S/C24H14BrClINO4S2/c25-17-7-6-16(11-18(17)26)28-22(29)21(34-24(28)33)10-14-3-8-20(19(27)9-14)32-12-13-1-4-15(5-2-13)23(30)31/h1-11H,12H2,(H,30,31). The van der Waals surface area contributed by atoms with Crippen LogP contribution in [0.4, 0.5) is 5.69 Å². The quantitative estimate of drug-likeness (QED) is 0.166. The van der Waals surface area contributed by atoms with Crippen molar-refractivity contribution < 1.29 is 19.4 Å². The Morgan fingerprint density at radius 2 is 1.91 bits per heavy atom. The van der Waals surface area contributed by atoms with E-state index in [2.05, 4.69) is 38.5 Å². The third-order valence-corrected chi connectivity index (χ3v) is 8.18. The lowest BCUT2D eigenvalue weighted by Gasteiger charge is -2.15. The summed E-state index contributed by atoms with van der Waals surface area (Å²) in [5.41, 5.74) is 2.56. The highest BCUT2D eigenvalue weighted by Gasteiger charge is 2.33. The lowest BCUT2D eigenvalue weighted by molar-refractivity contribution is -0.113. The van der Waals surface area contributed by atoms with Gasteiger partial charge in [-0.3, -0.25) is 9.69 Å². The Morgan fingerprint density at radius 1 is 1.18 bits per heavy atom. The van der Waals surface area contributed by atoms with E-state index in [0.717, 1.165) is 19.2 Å². The van der Waals surface area contributed by atoms with Crippen LogP contribution in [-0.4, -0.2) is 21.3 Å². The van der Waals surface area contributed by atoms with Crippen LogP contribution < -0.4 is 9.64 Å². The fraction of sp³-hybridized carbons (Fsp3) is 0.0417. The molecule has 1 fully saturated rings. The van der Waals surface area contributed by atoms with Gasteiger partial charge in [-0.25, -0.2) is 4.79 Å². The number of thiocarbonyl (C=S) groups is 1. The number of aromatic carboxylic acids is 1. The summed E-state index contributed by atoms with van der Waals surface area (Å²) in [6, 6.07) is 17.5. The molecule has 0 aliphatic carbocycles. The Balaban J connectivity index is 1.47. The number of carbonyl (C=O) groups is 2. The van der Waals surface area contributed by atoms with Crippen LogP contribution >= 0.6 is 74.1 Å². The van der Waals surface area contributed by atoms with Gasteiger partial charge < -0.3 is 9.84 Å². The van der Waals surface area contributed by atoms with Crippen LogP contribution in [0.3, 0.4) is 0 Å². The number of rotatable bonds is 6. The zero-order chi connectivity index (χ0) is 24.4. The van der Waals surface area contributed by atoms with Crippen molar-refractivity contribution in [3.63, 3.8) is 0 Å². The molecule has 0 unspecified atom stereocenters. The highest BCUT2D eigenvalue weighted by molar-refractivity contribution is 14.1. The normalized spacial score (nSPS) is 14.7. The number of nitrogens with zero attached hydrogens (tertiary/aromatic N) is 1. The number of hydrogen-bond acceptors (Lipinski definition) is 5. The molecule has 0 atom stereocenters. The first-order valence-corrected chi connectivity index (χ1v) is 13.2. The highest BCUT2D eigenvalue weighted by atomic mass is 127. The van der Waals surface area contributed by atoms with Gasteiger partial charge in [-0.15, -0.1) is 0 Å². The van der Waals surface area contributed by atoms with E-state index in [1.54, 1.807) is 48.5 Å². The number of halogens is 3. The van der Waals surface area contributed by atoms with Crippen LogP contribution in [0.2, 0.25) is 5.02 Å². The molecule has 34 heavy (non-hydrogen) atoms. The molecule has 172 valence electrons. The molecule has 0 radical (unpaired) electrons. The van der Waals surface area contributed by atoms with Crippen molar-refractivity contribution in [2.75, 3.05) is 4.90 Å². The zero-order valence-electron chi connectivity index (χ0n) is 17.1. The average Bonchev–Trinajstić information content (AvgIpc) is 3.08. The lowest BCUT2D eigenvalue weighted by Crippen LogP contribution is -2.27. The summed E-state index contributed by atoms with van der Waals surface area (Å²) in [5, 5.41) is 9.49. The maximum Gasteiger partial charge on any atom is 0.335 e. The Labute approximate surface area is 232 Å². The number of thioether (sulfide) groups is 1. The monoisotopic (exact) mass is 685 g/mol. The summed E-state index contributed by atoms with van der Waals surface area (Å²) in [5.74, 6) is -0.471. The number of carboxylic acid groups (broad SMARTS) is 1. The molecular formula is C24H14BrClINO4S2. The highest BCUT2D eigenvalue weighted by Crippen LogP contribution is 2.38. The molecule has 1 aliphatic heterocycles. The van der Waals surface area contributed by atoms with Gasteiger partial charge in [0, 0.05) is 4.47 Å². The van der Waals surface area contributed by atoms with E-state index in [-0.39, 0.29) is 11.5 Å². The molecule has 0 bridgehead atoms. The predicted octanol–water partition coefficient (Wildman–Crippen LogP) is 7.39. The Hall–Kier alpha value is -1.92. The van der Waals surface area contributed by atoms with Gasteiger partial charge in [-0.1, -0.05) is 53.8 Å². The smallest absolute Gasteiger partial charge is 0.335 e. The third kappa shape index (κ3) is 5.65. The largest absolute Gasteiger partial charge is 0.488 e. The van der Waals surface area contributed by atoms with Gasteiger partial charge in [0.2, 0.25) is 0 Å². The van der Waals surface area contributed by atoms with Crippen molar-refractivity contribution in [2.24, 2.45) is 0 Å². The fourth-order valence-electron chi connectivity index (χ4n) is 3.09. The summed E-state index contributed by atoms with van der Waals surface area (Å²) in [7, 11) is 0. The number of hydrogen-bond donors (Lipinski definition) is 1. The zero-order valence-corrected chi connectivity index (χ0v) is 23.3. The van der Waals surface area contributed by atoms with Crippen molar-refractivity contribution in [3.8, 4) is 5.75 Å². The molecule has 4 rings (SSSR count). The minimum atomic E-state index is -0.963. The van der Waals surface area contributed by atoms with Gasteiger partial charge in [0.05, 0.1) is 24.7 Å². The van der Waals surface area contributed by atoms with Gasteiger partial charge in [-0.05, 0) is 98.2 Å². The molecule has 1 aliphatic rings. The minimum Gasteiger partial charge on any atom is -0.488 e. The van der Waals surface area contributed by atoms with Crippen molar-refractivity contribution in [1.82, 2.24) is 0 Å². The Morgan fingerprint density at radius 3 is 2.56 bits per heavy atom. The van der Waals surface area contributed by atoms with Crippen LogP contribution in [0.15, 0.2) is 70.0 Å². The first-order chi connectivity index (χ1) is 16.2. The van der Waals surface area contributed by atoms with E-state index in [0.29, 0.717) is 32.3 Å². The van der Waals surface area contributed by atoms with Gasteiger partial charge >= 0.3 is 5.97 Å². The summed E-state index contributed by atoms with van der Waals surface area (Å²) < 4.78 is 7.95. The van der Waals surface area contributed by atoms with Crippen LogP contribution in [0, 0.1) is 3.57 Å². The lowest BCUT2D eigenvalue weighted by atomic mass is 10.1. The van der Waals surface area contributed by atoms with Crippen LogP contribution in [0.1, 0.15) is 21.5 Å². The first-order valence-electron chi connectivity index (χ1n) is 9.70. The van der Waals surface area contributed by atoms with Crippen LogP contribution in [-0.2, 0) is 11.4 Å². The Kier molecular flexibility index (Phi) is 7.98. The van der Waals surface area contributed by atoms with Crippen molar-refractivity contribution >= 4 is 102 Å². The number of ether oxygens (including phenoxy) is 1. The fourth-order valence-corrected chi connectivity index (χ4v) is 5.51. The van der Waals surface area contributed by atoms with Crippen molar-refractivity contribution in [3.05, 3.63) is 95.3 Å². The summed E-state index contributed by atoms with van der Waals surface area (Å²) >= 11 is 18.4. The predicted molar refractivity (Wildman–Crippen MR) is 152 cm³/mol. The summed E-state index contributed by atoms with van der Waals surface area (Å²) in [4.78, 5) is 26.0. The van der Waals surface area contributed by atoms with E-state index in [1.165, 1.54) is 16.7 Å². The number of carbonyl (C=O) groups excluding carboxylic acids is 1. The first kappa shape index (κ1) is 25.2. The van der Waals surface area contributed by atoms with Crippen molar-refractivity contribution in [1.29, 1.82) is 0 Å². The second-order valence-corrected chi connectivity index (χ2v) is 11.2. The number of benzene rings is 3. The number of amides is 1. The maximum absolute atomic E-state index is 13.0. The molecule has 1 saturated heterocycles. The topological polar surface area (TPSA) is 66.8 Å². The van der Waals surface area contributed by atoms with Crippen LogP contribution in [0.25, 0.3) is 6.08 Å². The molecule has 1 heterocycles. The molecule has 1 N–H and O–H groups in total. The van der Waals surface area contributed by atoms with Crippen LogP contribution in [0.5, 0.6) is 5.75 Å². The number of carboxylic acids is 1. The molecule has 0 aromatic heterocycles.